The fraction of sp³-hybridized carbons (Fsp3) is 0.667. The van der Waals surface area contributed by atoms with Crippen molar-refractivity contribution in [2.24, 2.45) is 0 Å². The number of benzene rings is 1. The minimum absolute atomic E-state index is 0.226. The first-order valence-electron chi connectivity index (χ1n) is 10.2. The zero-order valence-corrected chi connectivity index (χ0v) is 19.2. The molecular weight excluding hydrogens is 392 g/mol. The Hall–Kier alpha value is -1.21. The molecular formula is C21H34N2O3S2. The van der Waals surface area contributed by atoms with Crippen LogP contribution in [0.4, 0.5) is 5.69 Å². The number of carbonyl (C=O) groups is 1. The first-order chi connectivity index (χ1) is 13.2. The molecule has 0 radical (unpaired) electrons. The third kappa shape index (κ3) is 6.69. The minimum Gasteiger partial charge on any atom is -0.353 e. The molecule has 1 saturated carbocycles. The average molecular weight is 427 g/mol. The van der Waals surface area contributed by atoms with Gasteiger partial charge in [-0.2, -0.15) is 11.8 Å². The summed E-state index contributed by atoms with van der Waals surface area (Å²) in [5.41, 5.74) is 2.50. The van der Waals surface area contributed by atoms with E-state index in [-0.39, 0.29) is 5.91 Å². The maximum Gasteiger partial charge on any atom is 0.243 e. The second-order valence-electron chi connectivity index (χ2n) is 7.75. The summed E-state index contributed by atoms with van der Waals surface area (Å²) in [5.74, 6) is 0.645. The van der Waals surface area contributed by atoms with Gasteiger partial charge in [0, 0.05) is 17.5 Å². The Kier molecular flexibility index (Phi) is 8.68. The van der Waals surface area contributed by atoms with Crippen molar-refractivity contribution in [3.8, 4) is 0 Å². The van der Waals surface area contributed by atoms with Gasteiger partial charge in [-0.05, 0) is 56.4 Å². The van der Waals surface area contributed by atoms with Crippen LogP contribution in [0, 0.1) is 13.8 Å². The normalized spacial score (nSPS) is 16.6. The Labute approximate surface area is 174 Å². The summed E-state index contributed by atoms with van der Waals surface area (Å²) in [5, 5.41) is 3.66. The minimum atomic E-state index is -3.59. The molecule has 0 saturated heterocycles. The van der Waals surface area contributed by atoms with Crippen molar-refractivity contribution in [3.05, 3.63) is 29.3 Å². The highest BCUT2D eigenvalue weighted by atomic mass is 32.2. The molecule has 7 heteroatoms. The standard InChI is InChI=1S/C21H34N2O3S2/c1-5-20(21(24)22-11-12-27-19-9-7-6-8-10-19)23(28(4,25)26)18-14-16(2)13-17(3)15-18/h13-15,19-20H,5-12H2,1-4H3,(H,22,24). The summed E-state index contributed by atoms with van der Waals surface area (Å²) in [4.78, 5) is 12.8. The lowest BCUT2D eigenvalue weighted by molar-refractivity contribution is -0.122. The lowest BCUT2D eigenvalue weighted by atomic mass is 10.0. The summed E-state index contributed by atoms with van der Waals surface area (Å²) in [6.45, 7) is 6.28. The Bertz CT molecular complexity index is 739. The smallest absolute Gasteiger partial charge is 0.243 e. The van der Waals surface area contributed by atoms with Crippen LogP contribution in [0.15, 0.2) is 18.2 Å². The van der Waals surface area contributed by atoms with E-state index in [1.54, 1.807) is 0 Å². The molecule has 0 aromatic heterocycles. The van der Waals surface area contributed by atoms with Gasteiger partial charge in [-0.25, -0.2) is 8.42 Å². The number of amides is 1. The molecule has 1 aromatic carbocycles. The summed E-state index contributed by atoms with van der Waals surface area (Å²) < 4.78 is 26.3. The van der Waals surface area contributed by atoms with E-state index in [1.807, 2.05) is 50.7 Å². The molecule has 1 aliphatic rings. The van der Waals surface area contributed by atoms with E-state index in [0.29, 0.717) is 23.9 Å². The molecule has 5 nitrogen and oxygen atoms in total. The van der Waals surface area contributed by atoms with Gasteiger partial charge in [0.15, 0.2) is 0 Å². The molecule has 2 rings (SSSR count). The molecule has 1 aliphatic carbocycles. The number of hydrogen-bond acceptors (Lipinski definition) is 4. The Morgan fingerprint density at radius 3 is 2.32 bits per heavy atom. The van der Waals surface area contributed by atoms with Crippen LogP contribution in [0.25, 0.3) is 0 Å². The third-order valence-corrected chi connectivity index (χ3v) is 7.66. The molecule has 1 unspecified atom stereocenters. The highest BCUT2D eigenvalue weighted by molar-refractivity contribution is 7.99. The Balaban J connectivity index is 2.04. The van der Waals surface area contributed by atoms with Crippen LogP contribution >= 0.6 is 11.8 Å². The van der Waals surface area contributed by atoms with Crippen LogP contribution < -0.4 is 9.62 Å². The van der Waals surface area contributed by atoms with Gasteiger partial charge in [0.25, 0.3) is 0 Å². The van der Waals surface area contributed by atoms with Gasteiger partial charge in [-0.1, -0.05) is 32.3 Å². The van der Waals surface area contributed by atoms with E-state index in [0.717, 1.165) is 16.9 Å². The van der Waals surface area contributed by atoms with Gasteiger partial charge in [0.05, 0.1) is 11.9 Å². The molecule has 0 aliphatic heterocycles. The van der Waals surface area contributed by atoms with Crippen LogP contribution in [-0.4, -0.2) is 44.2 Å². The van der Waals surface area contributed by atoms with Crippen LogP contribution in [0.3, 0.4) is 0 Å². The van der Waals surface area contributed by atoms with Crippen molar-refractivity contribution < 1.29 is 13.2 Å². The SMILES string of the molecule is CCC(C(=O)NCCSC1CCCCC1)N(c1cc(C)cc(C)c1)S(C)(=O)=O. The second-order valence-corrected chi connectivity index (χ2v) is 11.0. The van der Waals surface area contributed by atoms with Gasteiger partial charge in [0.2, 0.25) is 15.9 Å². The number of nitrogens with one attached hydrogen (secondary N) is 1. The maximum absolute atomic E-state index is 12.8. The molecule has 1 fully saturated rings. The fourth-order valence-corrected chi connectivity index (χ4v) is 6.30. The lowest BCUT2D eigenvalue weighted by Gasteiger charge is -2.30. The van der Waals surface area contributed by atoms with E-state index in [4.69, 9.17) is 0 Å². The first-order valence-corrected chi connectivity index (χ1v) is 13.1. The third-order valence-electron chi connectivity index (χ3n) is 5.10. The van der Waals surface area contributed by atoms with Gasteiger partial charge in [-0.3, -0.25) is 9.10 Å². The van der Waals surface area contributed by atoms with Crippen LogP contribution in [0.1, 0.15) is 56.6 Å². The maximum atomic E-state index is 12.8. The number of anilines is 1. The molecule has 28 heavy (non-hydrogen) atoms. The van der Waals surface area contributed by atoms with Crippen LogP contribution in [0.5, 0.6) is 0 Å². The number of sulfonamides is 1. The predicted octanol–water partition coefficient (Wildman–Crippen LogP) is 4.03. The van der Waals surface area contributed by atoms with Crippen LogP contribution in [0.2, 0.25) is 0 Å². The zero-order valence-electron chi connectivity index (χ0n) is 17.5. The van der Waals surface area contributed by atoms with Gasteiger partial charge in [-0.15, -0.1) is 0 Å². The predicted molar refractivity (Wildman–Crippen MR) is 120 cm³/mol. The van der Waals surface area contributed by atoms with Crippen molar-refractivity contribution in [2.45, 2.75) is 70.6 Å². The lowest BCUT2D eigenvalue weighted by Crippen LogP contribution is -2.49. The largest absolute Gasteiger partial charge is 0.353 e. The number of aryl methyl sites for hydroxylation is 2. The van der Waals surface area contributed by atoms with Crippen LogP contribution in [-0.2, 0) is 14.8 Å². The molecule has 1 amide bonds. The van der Waals surface area contributed by atoms with Gasteiger partial charge in [0.1, 0.15) is 6.04 Å². The number of thioether (sulfide) groups is 1. The number of nitrogens with zero attached hydrogens (tertiary/aromatic N) is 1. The summed E-state index contributed by atoms with van der Waals surface area (Å²) >= 11 is 1.93. The summed E-state index contributed by atoms with van der Waals surface area (Å²) in [7, 11) is -3.59. The van der Waals surface area contributed by atoms with E-state index < -0.39 is 16.1 Å². The highest BCUT2D eigenvalue weighted by Gasteiger charge is 2.31. The summed E-state index contributed by atoms with van der Waals surface area (Å²) in [6, 6.07) is 4.90. The molecule has 0 bridgehead atoms. The molecule has 0 heterocycles. The first kappa shape index (κ1) is 23.1. The van der Waals surface area contributed by atoms with E-state index >= 15 is 0 Å². The number of carbonyl (C=O) groups excluding carboxylic acids is 1. The Morgan fingerprint density at radius 2 is 1.79 bits per heavy atom. The van der Waals surface area contributed by atoms with Crippen molar-refractivity contribution >= 4 is 33.4 Å². The zero-order chi connectivity index (χ0) is 20.7. The van der Waals surface area contributed by atoms with E-state index in [9.17, 15) is 13.2 Å². The van der Waals surface area contributed by atoms with E-state index in [2.05, 4.69) is 5.32 Å². The quantitative estimate of drug-likeness (QED) is 0.606. The monoisotopic (exact) mass is 426 g/mol. The van der Waals surface area contributed by atoms with Crippen molar-refractivity contribution in [2.75, 3.05) is 22.9 Å². The molecule has 158 valence electrons. The second kappa shape index (κ2) is 10.5. The van der Waals surface area contributed by atoms with Gasteiger partial charge >= 0.3 is 0 Å². The van der Waals surface area contributed by atoms with Crippen molar-refractivity contribution in [3.63, 3.8) is 0 Å². The molecule has 1 aromatic rings. The highest BCUT2D eigenvalue weighted by Crippen LogP contribution is 2.28. The van der Waals surface area contributed by atoms with Crippen molar-refractivity contribution in [1.82, 2.24) is 5.32 Å². The molecule has 1 atom stereocenters. The molecule has 1 N–H and O–H groups in total. The molecule has 0 spiro atoms. The number of rotatable bonds is 9. The number of hydrogen-bond donors (Lipinski definition) is 1. The Morgan fingerprint density at radius 1 is 1.18 bits per heavy atom. The fourth-order valence-electron chi connectivity index (χ4n) is 3.89. The van der Waals surface area contributed by atoms with Gasteiger partial charge < -0.3 is 5.32 Å². The average Bonchev–Trinajstić information content (AvgIpc) is 2.61. The van der Waals surface area contributed by atoms with Crippen molar-refractivity contribution in [1.29, 1.82) is 0 Å². The summed E-state index contributed by atoms with van der Waals surface area (Å²) in [6.07, 6.45) is 8.07. The topological polar surface area (TPSA) is 66.5 Å². The van der Waals surface area contributed by atoms with E-state index in [1.165, 1.54) is 42.7 Å².